The summed E-state index contributed by atoms with van der Waals surface area (Å²) in [6, 6.07) is 17.7. The minimum Gasteiger partial charge on any atom is -0.456 e. The highest BCUT2D eigenvalue weighted by atomic mass is 16.3. The quantitative estimate of drug-likeness (QED) is 0.196. The molecular formula is C42H26O. The van der Waals surface area contributed by atoms with E-state index in [9.17, 15) is 8.22 Å². The van der Waals surface area contributed by atoms with Crippen molar-refractivity contribution in [3.8, 4) is 33.4 Å². The summed E-state index contributed by atoms with van der Waals surface area (Å²) < 4.78 is 122. The third-order valence-electron chi connectivity index (χ3n) is 7.75. The third-order valence-corrected chi connectivity index (χ3v) is 7.75. The van der Waals surface area contributed by atoms with Crippen LogP contribution in [0.15, 0.2) is 162 Å². The van der Waals surface area contributed by atoms with Gasteiger partial charge in [-0.15, -0.1) is 0 Å². The number of hydrogen-bond donors (Lipinski definition) is 0. The molecule has 9 aromatic rings. The molecule has 9 rings (SSSR count). The molecule has 0 saturated carbocycles. The van der Waals surface area contributed by atoms with Crippen molar-refractivity contribution in [2.75, 3.05) is 0 Å². The topological polar surface area (TPSA) is 13.1 Å². The first-order chi connectivity index (χ1) is 26.8. The Morgan fingerprint density at radius 3 is 1.65 bits per heavy atom. The third kappa shape index (κ3) is 3.79. The van der Waals surface area contributed by atoms with Gasteiger partial charge in [0.2, 0.25) is 0 Å². The van der Waals surface area contributed by atoms with Gasteiger partial charge in [-0.1, -0.05) is 127 Å². The van der Waals surface area contributed by atoms with Crippen LogP contribution in [0, 0.1) is 0 Å². The average molecular weight is 560 g/mol. The molecule has 0 spiro atoms. The second kappa shape index (κ2) is 9.44. The molecule has 0 unspecified atom stereocenters. The highest BCUT2D eigenvalue weighted by Gasteiger charge is 2.18. The average Bonchev–Trinajstić information content (AvgIpc) is 3.62. The summed E-state index contributed by atoms with van der Waals surface area (Å²) in [4.78, 5) is 0. The maximum atomic E-state index is 9.57. The summed E-state index contributed by atoms with van der Waals surface area (Å²) >= 11 is 0. The van der Waals surface area contributed by atoms with Crippen LogP contribution in [0.1, 0.15) is 17.8 Å². The molecule has 1 nitrogen and oxygen atoms in total. The Bertz CT molecular complexity index is 3170. The van der Waals surface area contributed by atoms with E-state index in [0.717, 1.165) is 0 Å². The molecule has 43 heavy (non-hydrogen) atoms. The zero-order valence-electron chi connectivity index (χ0n) is 35.4. The largest absolute Gasteiger partial charge is 0.456 e. The van der Waals surface area contributed by atoms with E-state index < -0.39 is 36.3 Å². The van der Waals surface area contributed by atoms with Crippen LogP contribution in [0.4, 0.5) is 0 Å². The van der Waals surface area contributed by atoms with E-state index in [1.807, 2.05) is 0 Å². The Morgan fingerprint density at radius 2 is 0.953 bits per heavy atom. The molecule has 0 aliphatic carbocycles. The van der Waals surface area contributed by atoms with E-state index in [1.165, 1.54) is 0 Å². The van der Waals surface area contributed by atoms with Crippen LogP contribution < -0.4 is 0 Å². The predicted molar refractivity (Wildman–Crippen MR) is 183 cm³/mol. The Morgan fingerprint density at radius 1 is 0.372 bits per heavy atom. The zero-order valence-corrected chi connectivity index (χ0v) is 22.4. The molecule has 0 bridgehead atoms. The van der Waals surface area contributed by atoms with Gasteiger partial charge in [-0.25, -0.2) is 0 Å². The van der Waals surface area contributed by atoms with Gasteiger partial charge in [0.15, 0.2) is 0 Å². The fourth-order valence-electron chi connectivity index (χ4n) is 5.84. The molecule has 0 aliphatic heterocycles. The summed E-state index contributed by atoms with van der Waals surface area (Å²) in [6.07, 6.45) is 0. The van der Waals surface area contributed by atoms with Crippen molar-refractivity contribution >= 4 is 54.3 Å². The van der Waals surface area contributed by atoms with E-state index in [2.05, 4.69) is 0 Å². The summed E-state index contributed by atoms with van der Waals surface area (Å²) in [7, 11) is 0. The molecule has 0 atom stereocenters. The maximum absolute atomic E-state index is 9.57. The number of furan rings is 1. The van der Waals surface area contributed by atoms with Crippen LogP contribution in [0.3, 0.4) is 0 Å². The minimum absolute atomic E-state index is 0.0149. The van der Waals surface area contributed by atoms with Gasteiger partial charge in [-0.2, -0.15) is 0 Å². The smallest absolute Gasteiger partial charge is 0.136 e. The van der Waals surface area contributed by atoms with E-state index in [1.54, 1.807) is 78.9 Å². The maximum Gasteiger partial charge on any atom is 0.136 e. The van der Waals surface area contributed by atoms with Gasteiger partial charge in [-0.05, 0) is 95.9 Å². The first-order valence-electron chi connectivity index (χ1n) is 20.2. The summed E-state index contributed by atoms with van der Waals surface area (Å²) in [5, 5.41) is 1.54. The van der Waals surface area contributed by atoms with Crippen LogP contribution in [0.25, 0.3) is 87.6 Å². The SMILES string of the molecule is [2H]c1c(-c2ccccc2)c([2H])c2c(oc3c([2H])c(-c4c5ccccc5c(-c5c([2H])c([2H])c6c([2H])c([2H])c([2H])c([2H])c6c5[2H])c5ccccc45)c([2H])c([2H])c32)c1[2H]. The van der Waals surface area contributed by atoms with Crippen molar-refractivity contribution < 1.29 is 22.2 Å². The van der Waals surface area contributed by atoms with Crippen LogP contribution in [0.2, 0.25) is 0 Å². The molecule has 0 N–H and O–H groups in total. The lowest BCUT2D eigenvalue weighted by molar-refractivity contribution is 0.669. The van der Waals surface area contributed by atoms with E-state index >= 15 is 0 Å². The lowest BCUT2D eigenvalue weighted by atomic mass is 9.85. The number of rotatable bonds is 3. The number of benzene rings is 8. The van der Waals surface area contributed by atoms with Crippen molar-refractivity contribution in [3.63, 3.8) is 0 Å². The molecule has 0 saturated heterocycles. The molecule has 0 radical (unpaired) electrons. The van der Waals surface area contributed by atoms with Gasteiger partial charge in [0.25, 0.3) is 0 Å². The van der Waals surface area contributed by atoms with Gasteiger partial charge in [0.1, 0.15) is 11.2 Å². The Hall–Kier alpha value is -5.66. The van der Waals surface area contributed by atoms with Crippen molar-refractivity contribution in [1.29, 1.82) is 0 Å². The molecule has 0 amide bonds. The van der Waals surface area contributed by atoms with Gasteiger partial charge in [0, 0.05) is 10.8 Å². The van der Waals surface area contributed by atoms with Crippen LogP contribution in [-0.2, 0) is 0 Å². The Labute approximate surface area is 267 Å². The zero-order chi connectivity index (χ0) is 39.6. The fourth-order valence-corrected chi connectivity index (χ4v) is 5.84. The first kappa shape index (κ1) is 14.5. The van der Waals surface area contributed by atoms with Gasteiger partial charge in [0.05, 0.1) is 17.8 Å². The lowest BCUT2D eigenvalue weighted by Crippen LogP contribution is -1.91. The Kier molecular flexibility index (Phi) is 3.18. The van der Waals surface area contributed by atoms with E-state index in [4.69, 9.17) is 14.0 Å². The second-order valence-electron chi connectivity index (χ2n) is 10.2. The van der Waals surface area contributed by atoms with Crippen molar-refractivity contribution in [2.45, 2.75) is 0 Å². The van der Waals surface area contributed by atoms with Gasteiger partial charge in [-0.3, -0.25) is 0 Å². The molecule has 200 valence electrons. The number of hydrogen-bond acceptors (Lipinski definition) is 1. The van der Waals surface area contributed by atoms with Crippen molar-refractivity contribution in [1.82, 2.24) is 0 Å². The van der Waals surface area contributed by atoms with Crippen molar-refractivity contribution in [2.24, 2.45) is 0 Å². The second-order valence-corrected chi connectivity index (χ2v) is 10.2. The molecular weight excluding hydrogens is 520 g/mol. The Balaban J connectivity index is 1.42. The summed E-state index contributed by atoms with van der Waals surface area (Å²) in [6.45, 7) is 0. The van der Waals surface area contributed by atoms with E-state index in [-0.39, 0.29) is 91.7 Å². The van der Waals surface area contributed by atoms with Crippen LogP contribution in [0.5, 0.6) is 0 Å². The van der Waals surface area contributed by atoms with Crippen LogP contribution in [-0.4, -0.2) is 0 Å². The molecule has 1 heterocycles. The molecule has 1 heteroatoms. The molecule has 0 aliphatic rings. The normalized spacial score (nSPS) is 16.0. The van der Waals surface area contributed by atoms with Crippen LogP contribution >= 0.6 is 0 Å². The lowest BCUT2D eigenvalue weighted by Gasteiger charge is -2.18. The summed E-state index contributed by atoms with van der Waals surface area (Å²) in [5.74, 6) is 0. The molecule has 1 aromatic heterocycles. The van der Waals surface area contributed by atoms with Gasteiger partial charge >= 0.3 is 0 Å². The van der Waals surface area contributed by atoms with E-state index in [0.29, 0.717) is 38.2 Å². The fraction of sp³-hybridized carbons (Fsp3) is 0. The minimum atomic E-state index is -0.565. The van der Waals surface area contributed by atoms with Crippen molar-refractivity contribution in [3.05, 3.63) is 157 Å². The summed E-state index contributed by atoms with van der Waals surface area (Å²) in [5.41, 5.74) is 1.17. The molecule has 0 fully saturated rings. The highest BCUT2D eigenvalue weighted by Crippen LogP contribution is 2.45. The monoisotopic (exact) mass is 559 g/mol. The first-order valence-corrected chi connectivity index (χ1v) is 13.7. The predicted octanol–water partition coefficient (Wildman–Crippen LogP) is 12.0. The van der Waals surface area contributed by atoms with Gasteiger partial charge < -0.3 is 4.42 Å². The standard InChI is InChI=1S/C42H26O/c1-2-10-27(11-3-1)30-21-23-39-38(25-30)33-22-20-32(26-40(33)43-39)42-36-16-8-6-14-34(36)41(35-15-7-9-17-37(35)42)31-19-18-28-12-4-5-13-29(28)24-31/h1-26H/i4D,5D,12D,13D,18D,19D,20D,21D,22D,23D,24D,25D,26D. The number of fused-ring (bicyclic) bond motifs is 6. The molecule has 8 aromatic carbocycles. The highest BCUT2D eigenvalue weighted by molar-refractivity contribution is 6.22.